The van der Waals surface area contributed by atoms with Crippen molar-refractivity contribution in [3.63, 3.8) is 0 Å². The van der Waals surface area contributed by atoms with Crippen LogP contribution < -0.4 is 16.0 Å². The number of carboxylic acid groups (broad SMARTS) is 1. The van der Waals surface area contributed by atoms with E-state index in [4.69, 9.17) is 5.11 Å². The molecule has 9 heteroatoms. The third-order valence-corrected chi connectivity index (χ3v) is 1.81. The summed E-state index contributed by atoms with van der Waals surface area (Å²) >= 11 is 0. The van der Waals surface area contributed by atoms with Gasteiger partial charge >= 0.3 is 12.0 Å². The Morgan fingerprint density at radius 2 is 2.06 bits per heavy atom. The lowest BCUT2D eigenvalue weighted by molar-refractivity contribution is -0.137. The number of hydrogen-bond donors (Lipinski definition) is 4. The standard InChI is InChI=1S/C9H13N5O4/c1-14-5-6(2-12-14)13-9(18)11-3-7(15)10-4-8(16)17/h2,5H,3-4H2,1H3,(H,10,15)(H,16,17)(H2,11,13,18). The maximum absolute atomic E-state index is 11.3. The van der Waals surface area contributed by atoms with Gasteiger partial charge in [-0.1, -0.05) is 0 Å². The summed E-state index contributed by atoms with van der Waals surface area (Å²) < 4.78 is 1.51. The molecule has 98 valence electrons. The summed E-state index contributed by atoms with van der Waals surface area (Å²) in [6.45, 7) is -0.788. The van der Waals surface area contributed by atoms with Gasteiger partial charge in [0.1, 0.15) is 6.54 Å². The van der Waals surface area contributed by atoms with Crippen LogP contribution in [-0.4, -0.2) is 45.9 Å². The van der Waals surface area contributed by atoms with Crippen LogP contribution in [0.2, 0.25) is 0 Å². The number of aromatic nitrogens is 2. The van der Waals surface area contributed by atoms with Crippen LogP contribution in [0, 0.1) is 0 Å². The molecule has 1 rings (SSSR count). The van der Waals surface area contributed by atoms with Crippen molar-refractivity contribution in [2.24, 2.45) is 7.05 Å². The second-order valence-electron chi connectivity index (χ2n) is 3.38. The molecule has 1 aromatic heterocycles. The SMILES string of the molecule is Cn1cc(NC(=O)NCC(=O)NCC(=O)O)cn1. The van der Waals surface area contributed by atoms with E-state index in [0.717, 1.165) is 0 Å². The van der Waals surface area contributed by atoms with E-state index in [2.05, 4.69) is 21.0 Å². The third-order valence-electron chi connectivity index (χ3n) is 1.81. The average Bonchev–Trinajstić information content (AvgIpc) is 2.69. The molecular formula is C9H13N5O4. The molecule has 1 aromatic rings. The molecule has 0 radical (unpaired) electrons. The fourth-order valence-electron chi connectivity index (χ4n) is 1.06. The van der Waals surface area contributed by atoms with Crippen LogP contribution in [0.3, 0.4) is 0 Å². The van der Waals surface area contributed by atoms with Gasteiger partial charge in [-0.25, -0.2) is 4.79 Å². The molecule has 0 bridgehead atoms. The summed E-state index contributed by atoms with van der Waals surface area (Å²) in [7, 11) is 1.70. The molecule has 0 aliphatic heterocycles. The minimum Gasteiger partial charge on any atom is -0.480 e. The highest BCUT2D eigenvalue weighted by molar-refractivity contribution is 5.92. The number of aryl methyl sites for hydroxylation is 1. The maximum atomic E-state index is 11.3. The number of hydrogen-bond acceptors (Lipinski definition) is 4. The number of carbonyl (C=O) groups excluding carboxylic acids is 2. The van der Waals surface area contributed by atoms with E-state index in [0.29, 0.717) is 5.69 Å². The van der Waals surface area contributed by atoms with E-state index in [9.17, 15) is 14.4 Å². The van der Waals surface area contributed by atoms with Crippen LogP contribution in [-0.2, 0) is 16.6 Å². The van der Waals surface area contributed by atoms with E-state index in [1.54, 1.807) is 13.2 Å². The quantitative estimate of drug-likeness (QED) is 0.522. The molecule has 3 amide bonds. The van der Waals surface area contributed by atoms with E-state index in [1.807, 2.05) is 0 Å². The van der Waals surface area contributed by atoms with Crippen molar-refractivity contribution in [2.45, 2.75) is 0 Å². The van der Waals surface area contributed by atoms with E-state index in [-0.39, 0.29) is 6.54 Å². The average molecular weight is 255 g/mol. The fraction of sp³-hybridized carbons (Fsp3) is 0.333. The van der Waals surface area contributed by atoms with Crippen molar-refractivity contribution in [2.75, 3.05) is 18.4 Å². The minimum absolute atomic E-state index is 0.306. The Hall–Kier alpha value is -2.58. The second kappa shape index (κ2) is 6.23. The van der Waals surface area contributed by atoms with Crippen LogP contribution >= 0.6 is 0 Å². The van der Waals surface area contributed by atoms with Crippen LogP contribution in [0.4, 0.5) is 10.5 Å². The smallest absolute Gasteiger partial charge is 0.322 e. The van der Waals surface area contributed by atoms with Crippen molar-refractivity contribution in [1.29, 1.82) is 0 Å². The normalized spacial score (nSPS) is 9.61. The van der Waals surface area contributed by atoms with Crippen LogP contribution in [0.5, 0.6) is 0 Å². The Bertz CT molecular complexity index is 456. The van der Waals surface area contributed by atoms with E-state index in [1.165, 1.54) is 10.9 Å². The predicted octanol–water partition coefficient (Wildman–Crippen LogP) is -1.26. The molecular weight excluding hydrogens is 242 g/mol. The number of nitrogens with zero attached hydrogens (tertiary/aromatic N) is 2. The Morgan fingerprint density at radius 3 is 2.61 bits per heavy atom. The largest absolute Gasteiger partial charge is 0.480 e. The second-order valence-corrected chi connectivity index (χ2v) is 3.38. The van der Waals surface area contributed by atoms with Gasteiger partial charge in [0.05, 0.1) is 18.4 Å². The van der Waals surface area contributed by atoms with Crippen LogP contribution in [0.15, 0.2) is 12.4 Å². The minimum atomic E-state index is -1.15. The molecule has 0 aliphatic carbocycles. The van der Waals surface area contributed by atoms with Gasteiger partial charge in [0.15, 0.2) is 0 Å². The summed E-state index contributed by atoms with van der Waals surface area (Å²) in [5.41, 5.74) is 0.487. The molecule has 0 aliphatic rings. The molecule has 0 aromatic carbocycles. The van der Waals surface area contributed by atoms with Gasteiger partial charge in [0.2, 0.25) is 5.91 Å². The first-order chi connectivity index (χ1) is 8.47. The topological polar surface area (TPSA) is 125 Å². The van der Waals surface area contributed by atoms with Crippen LogP contribution in [0.1, 0.15) is 0 Å². The van der Waals surface area contributed by atoms with Gasteiger partial charge in [0, 0.05) is 13.2 Å². The van der Waals surface area contributed by atoms with Gasteiger partial charge in [0.25, 0.3) is 0 Å². The molecule has 4 N–H and O–H groups in total. The molecule has 0 atom stereocenters. The first kappa shape index (κ1) is 13.5. The molecule has 0 saturated carbocycles. The number of nitrogens with one attached hydrogen (secondary N) is 3. The number of carbonyl (C=O) groups is 3. The summed E-state index contributed by atoms with van der Waals surface area (Å²) in [6, 6.07) is -0.575. The Kier molecular flexibility index (Phi) is 4.67. The van der Waals surface area contributed by atoms with Gasteiger partial charge in [-0.15, -0.1) is 0 Å². The summed E-state index contributed by atoms with van der Waals surface area (Å²) in [5, 5.41) is 19.0. The number of aliphatic carboxylic acids is 1. The van der Waals surface area contributed by atoms with Gasteiger partial charge in [-0.3, -0.25) is 14.3 Å². The van der Waals surface area contributed by atoms with Crippen molar-refractivity contribution >= 4 is 23.6 Å². The highest BCUT2D eigenvalue weighted by atomic mass is 16.4. The molecule has 0 unspecified atom stereocenters. The van der Waals surface area contributed by atoms with Crippen molar-refractivity contribution in [3.8, 4) is 0 Å². The number of urea groups is 1. The van der Waals surface area contributed by atoms with Gasteiger partial charge in [-0.05, 0) is 0 Å². The third kappa shape index (κ3) is 4.96. The Labute approximate surface area is 102 Å². The number of anilines is 1. The number of carboxylic acids is 1. The van der Waals surface area contributed by atoms with Crippen molar-refractivity contribution in [1.82, 2.24) is 20.4 Å². The monoisotopic (exact) mass is 255 g/mol. The fourth-order valence-corrected chi connectivity index (χ4v) is 1.06. The summed E-state index contributed by atoms with van der Waals surface area (Å²) in [5.74, 6) is -1.73. The maximum Gasteiger partial charge on any atom is 0.322 e. The number of amides is 3. The van der Waals surface area contributed by atoms with E-state index >= 15 is 0 Å². The molecule has 0 spiro atoms. The predicted molar refractivity (Wildman–Crippen MR) is 60.9 cm³/mol. The highest BCUT2D eigenvalue weighted by Crippen LogP contribution is 2.01. The highest BCUT2D eigenvalue weighted by Gasteiger charge is 2.07. The lowest BCUT2D eigenvalue weighted by atomic mass is 10.5. The molecule has 0 fully saturated rings. The Balaban J connectivity index is 2.24. The molecule has 1 heterocycles. The van der Waals surface area contributed by atoms with Crippen LogP contribution in [0.25, 0.3) is 0 Å². The van der Waals surface area contributed by atoms with Crippen molar-refractivity contribution in [3.05, 3.63) is 12.4 Å². The van der Waals surface area contributed by atoms with Gasteiger partial charge in [-0.2, -0.15) is 5.10 Å². The molecule has 0 saturated heterocycles. The van der Waals surface area contributed by atoms with Crippen molar-refractivity contribution < 1.29 is 19.5 Å². The summed E-state index contributed by atoms with van der Waals surface area (Å²) in [6.07, 6.45) is 3.04. The first-order valence-corrected chi connectivity index (χ1v) is 4.99. The zero-order valence-corrected chi connectivity index (χ0v) is 9.64. The lowest BCUT2D eigenvalue weighted by Gasteiger charge is -2.05. The number of rotatable bonds is 5. The lowest BCUT2D eigenvalue weighted by Crippen LogP contribution is -2.40. The Morgan fingerprint density at radius 1 is 1.33 bits per heavy atom. The molecule has 9 nitrogen and oxygen atoms in total. The zero-order chi connectivity index (χ0) is 13.5. The molecule has 18 heavy (non-hydrogen) atoms. The first-order valence-electron chi connectivity index (χ1n) is 4.99. The van der Waals surface area contributed by atoms with Gasteiger partial charge < -0.3 is 21.1 Å². The zero-order valence-electron chi connectivity index (χ0n) is 9.64. The van der Waals surface area contributed by atoms with E-state index < -0.39 is 24.5 Å². The summed E-state index contributed by atoms with van der Waals surface area (Å²) in [4.78, 5) is 32.5.